The van der Waals surface area contributed by atoms with Gasteiger partial charge in [-0.3, -0.25) is 0 Å². The van der Waals surface area contributed by atoms with E-state index in [-0.39, 0.29) is 12.4 Å². The molecule has 0 aliphatic carbocycles. The Hall–Kier alpha value is -0.230. The first-order valence-corrected chi connectivity index (χ1v) is 4.04. The molecule has 1 nitrogen and oxygen atoms in total. The molecule has 0 aromatic carbocycles. The van der Waals surface area contributed by atoms with Crippen LogP contribution in [0.15, 0.2) is 12.2 Å². The standard InChI is InChI=1S/C7H10F4OS/c1-5(3-13)2-12-4-7(10,11)6(8)9/h6,13H,1-4H2. The van der Waals surface area contributed by atoms with E-state index in [1.807, 2.05) is 0 Å². The number of alkyl halides is 4. The summed E-state index contributed by atoms with van der Waals surface area (Å²) in [4.78, 5) is 0. The fourth-order valence-electron chi connectivity index (χ4n) is 0.440. The minimum absolute atomic E-state index is 0.175. The first kappa shape index (κ1) is 12.8. The molecule has 0 unspecified atom stereocenters. The summed E-state index contributed by atoms with van der Waals surface area (Å²) in [6.07, 6.45) is -3.70. The SMILES string of the molecule is C=C(CS)COCC(F)(F)C(F)F. The van der Waals surface area contributed by atoms with E-state index >= 15 is 0 Å². The quantitative estimate of drug-likeness (QED) is 0.409. The predicted molar refractivity (Wildman–Crippen MR) is 44.8 cm³/mol. The van der Waals surface area contributed by atoms with Crippen molar-refractivity contribution in [3.63, 3.8) is 0 Å². The van der Waals surface area contributed by atoms with Gasteiger partial charge in [0.25, 0.3) is 0 Å². The van der Waals surface area contributed by atoms with Crippen LogP contribution < -0.4 is 0 Å². The van der Waals surface area contributed by atoms with Gasteiger partial charge in [-0.05, 0) is 5.57 Å². The normalized spacial score (nSPS) is 12.2. The lowest BCUT2D eigenvalue weighted by Crippen LogP contribution is -2.32. The van der Waals surface area contributed by atoms with Gasteiger partial charge in [0.05, 0.1) is 6.61 Å². The molecule has 0 spiro atoms. The summed E-state index contributed by atoms with van der Waals surface area (Å²) < 4.78 is 51.8. The van der Waals surface area contributed by atoms with Crippen LogP contribution in [0.2, 0.25) is 0 Å². The molecule has 0 saturated carbocycles. The summed E-state index contributed by atoms with van der Waals surface area (Å²) in [5.74, 6) is -3.81. The van der Waals surface area contributed by atoms with Crippen molar-refractivity contribution < 1.29 is 22.3 Å². The summed E-state index contributed by atoms with van der Waals surface area (Å²) in [6.45, 7) is 1.93. The van der Waals surface area contributed by atoms with E-state index in [9.17, 15) is 17.6 Å². The van der Waals surface area contributed by atoms with E-state index in [1.165, 1.54) is 0 Å². The zero-order chi connectivity index (χ0) is 10.5. The highest BCUT2D eigenvalue weighted by molar-refractivity contribution is 7.80. The van der Waals surface area contributed by atoms with Crippen molar-refractivity contribution in [2.75, 3.05) is 19.0 Å². The van der Waals surface area contributed by atoms with Gasteiger partial charge in [-0.1, -0.05) is 6.58 Å². The molecule has 78 valence electrons. The second kappa shape index (κ2) is 5.49. The van der Waals surface area contributed by atoms with Gasteiger partial charge in [-0.25, -0.2) is 8.78 Å². The zero-order valence-electron chi connectivity index (χ0n) is 6.77. The van der Waals surface area contributed by atoms with Gasteiger partial charge in [0.1, 0.15) is 6.61 Å². The third kappa shape index (κ3) is 5.15. The molecule has 0 saturated heterocycles. The highest BCUT2D eigenvalue weighted by Crippen LogP contribution is 2.22. The van der Waals surface area contributed by atoms with Crippen molar-refractivity contribution in [1.82, 2.24) is 0 Å². The van der Waals surface area contributed by atoms with E-state index in [0.29, 0.717) is 5.57 Å². The molecule has 0 bridgehead atoms. The van der Waals surface area contributed by atoms with Gasteiger partial charge >= 0.3 is 12.3 Å². The van der Waals surface area contributed by atoms with Gasteiger partial charge in [-0.2, -0.15) is 21.4 Å². The van der Waals surface area contributed by atoms with Crippen LogP contribution >= 0.6 is 12.6 Å². The highest BCUT2D eigenvalue weighted by Gasteiger charge is 2.40. The number of halogens is 4. The molecule has 0 N–H and O–H groups in total. The number of ether oxygens (including phenoxy) is 1. The molecular weight excluding hydrogens is 208 g/mol. The third-order valence-electron chi connectivity index (χ3n) is 1.14. The Morgan fingerprint density at radius 3 is 2.38 bits per heavy atom. The largest absolute Gasteiger partial charge is 0.371 e. The molecule has 0 amide bonds. The molecule has 0 fully saturated rings. The smallest absolute Gasteiger partial charge is 0.330 e. The van der Waals surface area contributed by atoms with Gasteiger partial charge in [0.2, 0.25) is 0 Å². The lowest BCUT2D eigenvalue weighted by atomic mass is 10.3. The van der Waals surface area contributed by atoms with Crippen LogP contribution in [0.25, 0.3) is 0 Å². The average molecular weight is 218 g/mol. The first-order valence-electron chi connectivity index (χ1n) is 3.41. The monoisotopic (exact) mass is 218 g/mol. The Kier molecular flexibility index (Phi) is 5.39. The summed E-state index contributed by atoms with van der Waals surface area (Å²) in [6, 6.07) is 0. The Balaban J connectivity index is 3.70. The van der Waals surface area contributed by atoms with Gasteiger partial charge in [-0.15, -0.1) is 0 Å². The van der Waals surface area contributed by atoms with Crippen molar-refractivity contribution in [2.24, 2.45) is 0 Å². The lowest BCUT2D eigenvalue weighted by molar-refractivity contribution is -0.163. The summed E-state index contributed by atoms with van der Waals surface area (Å²) in [5, 5.41) is 0. The lowest BCUT2D eigenvalue weighted by Gasteiger charge is -2.15. The predicted octanol–water partition coefficient (Wildman–Crippen LogP) is 2.39. The molecule has 0 aromatic rings. The molecule has 0 aliphatic heterocycles. The fraction of sp³-hybridized carbons (Fsp3) is 0.714. The Bertz CT molecular complexity index is 172. The molecule has 0 rings (SSSR count). The van der Waals surface area contributed by atoms with Gasteiger partial charge < -0.3 is 4.74 Å². The van der Waals surface area contributed by atoms with E-state index in [4.69, 9.17) is 0 Å². The average Bonchev–Trinajstić information content (AvgIpc) is 2.03. The van der Waals surface area contributed by atoms with Crippen LogP contribution in [0.1, 0.15) is 0 Å². The van der Waals surface area contributed by atoms with E-state index in [1.54, 1.807) is 0 Å². The molecule has 13 heavy (non-hydrogen) atoms. The number of thiol groups is 1. The number of rotatable bonds is 6. The van der Waals surface area contributed by atoms with Crippen molar-refractivity contribution in [2.45, 2.75) is 12.3 Å². The molecule has 0 aromatic heterocycles. The maximum absolute atomic E-state index is 12.2. The second-order valence-corrected chi connectivity index (χ2v) is 2.78. The minimum atomic E-state index is -4.09. The van der Waals surface area contributed by atoms with Gasteiger partial charge in [0.15, 0.2) is 0 Å². The number of hydrogen-bond donors (Lipinski definition) is 1. The first-order chi connectivity index (χ1) is 5.90. The second-order valence-electron chi connectivity index (χ2n) is 2.46. The Morgan fingerprint density at radius 2 is 2.00 bits per heavy atom. The zero-order valence-corrected chi connectivity index (χ0v) is 7.67. The summed E-state index contributed by atoms with van der Waals surface area (Å²) >= 11 is 3.79. The van der Waals surface area contributed by atoms with Crippen molar-refractivity contribution in [1.29, 1.82) is 0 Å². The van der Waals surface area contributed by atoms with Crippen LogP contribution in [0.3, 0.4) is 0 Å². The van der Waals surface area contributed by atoms with Gasteiger partial charge in [0, 0.05) is 5.75 Å². The van der Waals surface area contributed by atoms with Crippen molar-refractivity contribution in [3.05, 3.63) is 12.2 Å². The topological polar surface area (TPSA) is 9.23 Å². The summed E-state index contributed by atoms with van der Waals surface area (Å²) in [7, 11) is 0. The molecule has 0 atom stereocenters. The van der Waals surface area contributed by atoms with Crippen LogP contribution in [0.4, 0.5) is 17.6 Å². The molecule has 0 aliphatic rings. The minimum Gasteiger partial charge on any atom is -0.371 e. The number of hydrogen-bond acceptors (Lipinski definition) is 2. The van der Waals surface area contributed by atoms with E-state index in [0.717, 1.165) is 0 Å². The molecule has 0 heterocycles. The molecule has 6 heteroatoms. The maximum Gasteiger partial charge on any atom is 0.330 e. The van der Waals surface area contributed by atoms with Crippen molar-refractivity contribution in [3.8, 4) is 0 Å². The van der Waals surface area contributed by atoms with E-state index in [2.05, 4.69) is 23.9 Å². The Labute approximate surface area is 79.2 Å². The van der Waals surface area contributed by atoms with E-state index < -0.39 is 19.0 Å². The fourth-order valence-corrected chi connectivity index (χ4v) is 0.531. The van der Waals surface area contributed by atoms with Crippen LogP contribution in [0.5, 0.6) is 0 Å². The third-order valence-corrected chi connectivity index (χ3v) is 1.59. The highest BCUT2D eigenvalue weighted by atomic mass is 32.1. The molecular formula is C7H10F4OS. The molecule has 0 radical (unpaired) electrons. The van der Waals surface area contributed by atoms with Crippen LogP contribution in [0, 0.1) is 0 Å². The van der Waals surface area contributed by atoms with Crippen molar-refractivity contribution >= 4 is 12.6 Å². The summed E-state index contributed by atoms with van der Waals surface area (Å²) in [5.41, 5.74) is 0.466. The maximum atomic E-state index is 12.2. The Morgan fingerprint density at radius 1 is 1.46 bits per heavy atom. The van der Waals surface area contributed by atoms with Crippen LogP contribution in [-0.2, 0) is 4.74 Å². The van der Waals surface area contributed by atoms with Crippen LogP contribution in [-0.4, -0.2) is 31.3 Å².